The molecule has 3 atom stereocenters. The third-order valence-electron chi connectivity index (χ3n) is 9.79. The van der Waals surface area contributed by atoms with Gasteiger partial charge in [0.15, 0.2) is 0 Å². The average molecular weight is 765 g/mol. The number of carbonyl (C=O) groups is 1. The molecular weight excluding hydrogens is 679 g/mol. The van der Waals surface area contributed by atoms with E-state index in [-0.39, 0.29) is 25.6 Å². The molecule has 0 radical (unpaired) electrons. The quantitative estimate of drug-likeness (QED) is 0.0315. The minimum atomic E-state index is -4.51. The van der Waals surface area contributed by atoms with Crippen LogP contribution in [0.4, 0.5) is 0 Å². The van der Waals surface area contributed by atoms with Crippen molar-refractivity contribution in [3.8, 4) is 0 Å². The summed E-state index contributed by atoms with van der Waals surface area (Å²) in [5.74, 6) is -0.376. The van der Waals surface area contributed by atoms with Gasteiger partial charge in [-0.15, -0.1) is 0 Å². The molecule has 3 N–H and O–H groups in total. The lowest BCUT2D eigenvalue weighted by Crippen LogP contribution is -2.29. The molecule has 0 fully saturated rings. The highest BCUT2D eigenvalue weighted by atomic mass is 31.2. The van der Waals surface area contributed by atoms with Crippen LogP contribution in [-0.4, -0.2) is 66.3 Å². The molecule has 0 aromatic rings. The van der Waals surface area contributed by atoms with E-state index in [9.17, 15) is 19.4 Å². The summed E-state index contributed by atoms with van der Waals surface area (Å²) in [5.41, 5.74) is 0. The maximum Gasteiger partial charge on any atom is 0.472 e. The van der Waals surface area contributed by atoms with Crippen molar-refractivity contribution in [2.75, 3.05) is 33.0 Å². The molecule has 0 bridgehead atoms. The van der Waals surface area contributed by atoms with Gasteiger partial charge in [-0.25, -0.2) is 4.57 Å². The Morgan fingerprint density at radius 2 is 0.865 bits per heavy atom. The number of phosphoric ester groups is 1. The van der Waals surface area contributed by atoms with E-state index in [2.05, 4.69) is 13.8 Å². The Balaban J connectivity index is 4.05. The highest BCUT2D eigenvalue weighted by molar-refractivity contribution is 7.47. The SMILES string of the molecule is CCCCCCCCCCCCCCCCCCCCCCC(=O)OC(COCCCCCCCCCCCCC)COP(=O)(O)OCC(O)CO. The highest BCUT2D eigenvalue weighted by Gasteiger charge is 2.26. The molecular formula is C42H85O9P. The fourth-order valence-corrected chi connectivity index (χ4v) is 7.21. The molecule has 0 saturated carbocycles. The maximum absolute atomic E-state index is 12.6. The molecule has 3 unspecified atom stereocenters. The molecule has 0 amide bonds. The van der Waals surface area contributed by atoms with E-state index in [1.54, 1.807) is 0 Å². The average Bonchev–Trinajstić information content (AvgIpc) is 3.13. The predicted molar refractivity (Wildman–Crippen MR) is 215 cm³/mol. The van der Waals surface area contributed by atoms with E-state index in [0.717, 1.165) is 32.1 Å². The smallest absolute Gasteiger partial charge is 0.457 e. The van der Waals surface area contributed by atoms with Crippen LogP contribution < -0.4 is 0 Å². The van der Waals surface area contributed by atoms with Crippen LogP contribution >= 0.6 is 7.82 Å². The Morgan fingerprint density at radius 1 is 0.519 bits per heavy atom. The van der Waals surface area contributed by atoms with Crippen LogP contribution in [0.3, 0.4) is 0 Å². The number of unbranched alkanes of at least 4 members (excludes halogenated alkanes) is 29. The van der Waals surface area contributed by atoms with Gasteiger partial charge in [-0.2, -0.15) is 0 Å². The first-order valence-electron chi connectivity index (χ1n) is 22.0. The second kappa shape index (κ2) is 40.1. The molecule has 9 nitrogen and oxygen atoms in total. The van der Waals surface area contributed by atoms with Crippen molar-refractivity contribution in [2.24, 2.45) is 0 Å². The predicted octanol–water partition coefficient (Wildman–Crippen LogP) is 11.9. The van der Waals surface area contributed by atoms with Gasteiger partial charge in [-0.3, -0.25) is 13.8 Å². The number of hydrogen-bond donors (Lipinski definition) is 3. The first kappa shape index (κ1) is 51.5. The molecule has 52 heavy (non-hydrogen) atoms. The van der Waals surface area contributed by atoms with Crippen molar-refractivity contribution in [1.82, 2.24) is 0 Å². The summed E-state index contributed by atoms with van der Waals surface area (Å²) < 4.78 is 33.3. The summed E-state index contributed by atoms with van der Waals surface area (Å²) in [5, 5.41) is 18.3. The third kappa shape index (κ3) is 39.2. The van der Waals surface area contributed by atoms with Crippen molar-refractivity contribution < 1.29 is 43.0 Å². The van der Waals surface area contributed by atoms with Crippen molar-refractivity contribution in [3.63, 3.8) is 0 Å². The molecule has 10 heteroatoms. The third-order valence-corrected chi connectivity index (χ3v) is 10.7. The number of hydrogen-bond acceptors (Lipinski definition) is 8. The molecule has 0 aliphatic carbocycles. The van der Waals surface area contributed by atoms with E-state index in [1.165, 1.54) is 167 Å². The summed E-state index contributed by atoms with van der Waals surface area (Å²) in [4.78, 5) is 22.5. The van der Waals surface area contributed by atoms with E-state index in [4.69, 9.17) is 23.6 Å². The number of esters is 1. The molecule has 0 heterocycles. The minimum Gasteiger partial charge on any atom is -0.457 e. The molecule has 0 spiro atoms. The fraction of sp³-hybridized carbons (Fsp3) is 0.976. The van der Waals surface area contributed by atoms with Gasteiger partial charge in [-0.05, 0) is 12.8 Å². The van der Waals surface area contributed by atoms with Crippen molar-refractivity contribution >= 4 is 13.8 Å². The summed E-state index contributed by atoms with van der Waals surface area (Å²) in [7, 11) is -4.51. The molecule has 0 saturated heterocycles. The van der Waals surface area contributed by atoms with E-state index >= 15 is 0 Å². The van der Waals surface area contributed by atoms with Gasteiger partial charge < -0.3 is 24.6 Å². The van der Waals surface area contributed by atoms with Gasteiger partial charge in [-0.1, -0.05) is 200 Å². The van der Waals surface area contributed by atoms with E-state index in [0.29, 0.717) is 6.61 Å². The van der Waals surface area contributed by atoms with Crippen LogP contribution in [0.25, 0.3) is 0 Å². The number of aliphatic hydroxyl groups is 2. The zero-order chi connectivity index (χ0) is 38.2. The summed E-state index contributed by atoms with van der Waals surface area (Å²) in [6.07, 6.45) is 37.8. The van der Waals surface area contributed by atoms with Crippen molar-refractivity contribution in [2.45, 2.75) is 232 Å². The molecule has 0 rings (SSSR count). The summed E-state index contributed by atoms with van der Waals surface area (Å²) in [6.45, 7) is 3.57. The normalized spacial score (nSPS) is 14.0. The van der Waals surface area contributed by atoms with Crippen LogP contribution in [0.15, 0.2) is 0 Å². The number of carbonyl (C=O) groups excluding carboxylic acids is 1. The molecule has 0 aliphatic rings. The van der Waals surface area contributed by atoms with E-state index in [1.807, 2.05) is 0 Å². The Morgan fingerprint density at radius 3 is 1.25 bits per heavy atom. The fourth-order valence-electron chi connectivity index (χ4n) is 6.42. The largest absolute Gasteiger partial charge is 0.472 e. The second-order valence-electron chi connectivity index (χ2n) is 15.1. The second-order valence-corrected chi connectivity index (χ2v) is 16.5. The standard InChI is InChI=1S/C42H85O9P/c1-3-5-7-9-11-13-15-16-17-18-19-20-21-22-23-24-26-28-30-32-34-42(45)51-41(39-50-52(46,47)49-37-40(44)36-43)38-48-35-33-31-29-27-25-14-12-10-8-6-4-2/h40-41,43-44H,3-39H2,1-2H3,(H,46,47). The molecule has 0 aromatic carbocycles. The van der Waals surface area contributed by atoms with Gasteiger partial charge in [0.2, 0.25) is 0 Å². The number of phosphoric acid groups is 1. The summed E-state index contributed by atoms with van der Waals surface area (Å²) in [6, 6.07) is 0. The van der Waals surface area contributed by atoms with Crippen LogP contribution in [0.2, 0.25) is 0 Å². The Hall–Kier alpha value is -0.540. The topological polar surface area (TPSA) is 132 Å². The Bertz CT molecular complexity index is 785. The van der Waals surface area contributed by atoms with Crippen LogP contribution in [0.1, 0.15) is 219 Å². The molecule has 312 valence electrons. The van der Waals surface area contributed by atoms with Crippen molar-refractivity contribution in [1.29, 1.82) is 0 Å². The van der Waals surface area contributed by atoms with Gasteiger partial charge in [0.25, 0.3) is 0 Å². The van der Waals surface area contributed by atoms with Crippen LogP contribution in [-0.2, 0) is 27.9 Å². The monoisotopic (exact) mass is 765 g/mol. The lowest BCUT2D eigenvalue weighted by molar-refractivity contribution is -0.154. The van der Waals surface area contributed by atoms with Crippen LogP contribution in [0, 0.1) is 0 Å². The molecule has 0 aromatic heterocycles. The lowest BCUT2D eigenvalue weighted by atomic mass is 10.0. The lowest BCUT2D eigenvalue weighted by Gasteiger charge is -2.20. The number of aliphatic hydroxyl groups excluding tert-OH is 2. The number of ether oxygens (including phenoxy) is 2. The Kier molecular flexibility index (Phi) is 39.7. The van der Waals surface area contributed by atoms with Gasteiger partial charge in [0.1, 0.15) is 12.2 Å². The van der Waals surface area contributed by atoms with Crippen LogP contribution in [0.5, 0.6) is 0 Å². The zero-order valence-corrected chi connectivity index (χ0v) is 35.0. The van der Waals surface area contributed by atoms with E-state index < -0.39 is 33.2 Å². The Labute approximate surface area is 320 Å². The first-order chi connectivity index (χ1) is 25.3. The summed E-state index contributed by atoms with van der Waals surface area (Å²) >= 11 is 0. The van der Waals surface area contributed by atoms with Gasteiger partial charge >= 0.3 is 13.8 Å². The maximum atomic E-state index is 12.6. The minimum absolute atomic E-state index is 0.0576. The highest BCUT2D eigenvalue weighted by Crippen LogP contribution is 2.43. The zero-order valence-electron chi connectivity index (χ0n) is 34.1. The van der Waals surface area contributed by atoms with Gasteiger partial charge in [0, 0.05) is 13.0 Å². The number of rotatable bonds is 43. The first-order valence-corrected chi connectivity index (χ1v) is 23.5. The van der Waals surface area contributed by atoms with Gasteiger partial charge in [0.05, 0.1) is 26.4 Å². The van der Waals surface area contributed by atoms with Crippen molar-refractivity contribution in [3.05, 3.63) is 0 Å². The molecule has 0 aliphatic heterocycles.